The van der Waals surface area contributed by atoms with Crippen LogP contribution in [-0.2, 0) is 15.6 Å². The SMILES string of the molecule is Cc1ccc(C(CC(=O)N2CCC(C#N)(c3ccccc3)CC2)(c2ccc(C)cc2)c2ccc(C)cc2)cc1. The molecule has 1 aliphatic rings. The molecule has 1 heterocycles. The number of carbonyl (C=O) groups is 1. The third kappa shape index (κ3) is 5.12. The Labute approximate surface area is 232 Å². The number of hydrogen-bond acceptors (Lipinski definition) is 2. The summed E-state index contributed by atoms with van der Waals surface area (Å²) in [5.74, 6) is 0.122. The first-order valence-corrected chi connectivity index (χ1v) is 13.8. The number of carbonyl (C=O) groups excluding carboxylic acids is 1. The highest BCUT2D eigenvalue weighted by Crippen LogP contribution is 2.44. The van der Waals surface area contributed by atoms with E-state index in [1.165, 1.54) is 16.7 Å². The first kappa shape index (κ1) is 26.4. The van der Waals surface area contributed by atoms with Crippen molar-refractivity contribution in [3.63, 3.8) is 0 Å². The molecular formula is C36H36N2O. The van der Waals surface area contributed by atoms with Gasteiger partial charge >= 0.3 is 0 Å². The lowest BCUT2D eigenvalue weighted by Gasteiger charge is -2.41. The zero-order valence-electron chi connectivity index (χ0n) is 23.2. The van der Waals surface area contributed by atoms with E-state index in [0.717, 1.165) is 22.3 Å². The molecule has 1 saturated heterocycles. The molecule has 0 unspecified atom stereocenters. The quantitative estimate of drug-likeness (QED) is 0.252. The maximum atomic E-state index is 14.2. The van der Waals surface area contributed by atoms with Crippen LogP contribution in [0.5, 0.6) is 0 Å². The molecule has 1 fully saturated rings. The summed E-state index contributed by atoms with van der Waals surface area (Å²) >= 11 is 0. The lowest BCUT2D eigenvalue weighted by Crippen LogP contribution is -2.47. The van der Waals surface area contributed by atoms with Gasteiger partial charge in [0.15, 0.2) is 0 Å². The van der Waals surface area contributed by atoms with Gasteiger partial charge in [-0.3, -0.25) is 4.79 Å². The molecule has 4 aromatic rings. The summed E-state index contributed by atoms with van der Waals surface area (Å²) < 4.78 is 0. The van der Waals surface area contributed by atoms with E-state index in [4.69, 9.17) is 0 Å². The van der Waals surface area contributed by atoms with Gasteiger partial charge in [0.2, 0.25) is 5.91 Å². The maximum Gasteiger partial charge on any atom is 0.224 e. The molecule has 4 aromatic carbocycles. The van der Waals surface area contributed by atoms with E-state index < -0.39 is 10.8 Å². The fourth-order valence-corrected chi connectivity index (χ4v) is 6.02. The number of nitriles is 1. The Balaban J connectivity index is 1.54. The van der Waals surface area contributed by atoms with Crippen molar-refractivity contribution < 1.29 is 4.79 Å². The average Bonchev–Trinajstić information content (AvgIpc) is 2.98. The van der Waals surface area contributed by atoms with Crippen LogP contribution in [0.2, 0.25) is 0 Å². The molecule has 3 nitrogen and oxygen atoms in total. The van der Waals surface area contributed by atoms with E-state index in [2.05, 4.69) is 99.6 Å². The average molecular weight is 513 g/mol. The monoisotopic (exact) mass is 512 g/mol. The van der Waals surface area contributed by atoms with Crippen molar-refractivity contribution in [2.45, 2.75) is 50.9 Å². The first-order valence-electron chi connectivity index (χ1n) is 13.8. The number of likely N-dealkylation sites (tertiary alicyclic amines) is 1. The number of amides is 1. The molecule has 0 atom stereocenters. The van der Waals surface area contributed by atoms with Gasteiger partial charge in [-0.15, -0.1) is 0 Å². The minimum Gasteiger partial charge on any atom is -0.343 e. The zero-order valence-corrected chi connectivity index (χ0v) is 23.2. The van der Waals surface area contributed by atoms with Gasteiger partial charge in [-0.2, -0.15) is 5.26 Å². The number of piperidine rings is 1. The largest absolute Gasteiger partial charge is 0.343 e. The molecule has 3 heteroatoms. The van der Waals surface area contributed by atoms with Gasteiger partial charge in [-0.05, 0) is 55.9 Å². The van der Waals surface area contributed by atoms with E-state index in [-0.39, 0.29) is 5.91 Å². The van der Waals surface area contributed by atoms with Crippen LogP contribution in [0, 0.1) is 32.1 Å². The fraction of sp³-hybridized carbons (Fsp3) is 0.278. The Bertz CT molecular complexity index is 1340. The number of rotatable bonds is 6. The van der Waals surface area contributed by atoms with Crippen LogP contribution in [0.25, 0.3) is 0 Å². The van der Waals surface area contributed by atoms with Crippen LogP contribution in [0.3, 0.4) is 0 Å². The van der Waals surface area contributed by atoms with Gasteiger partial charge in [0.05, 0.1) is 16.9 Å². The lowest BCUT2D eigenvalue weighted by atomic mass is 9.66. The van der Waals surface area contributed by atoms with Crippen LogP contribution in [0.1, 0.15) is 58.2 Å². The normalized spacial score (nSPS) is 15.0. The first-order chi connectivity index (χ1) is 18.9. The summed E-state index contributed by atoms with van der Waals surface area (Å²) in [4.78, 5) is 16.2. The van der Waals surface area contributed by atoms with Crippen molar-refractivity contribution in [1.29, 1.82) is 5.26 Å². The molecule has 0 aliphatic carbocycles. The van der Waals surface area contributed by atoms with Crippen molar-refractivity contribution in [2.75, 3.05) is 13.1 Å². The Morgan fingerprint density at radius 1 is 0.718 bits per heavy atom. The van der Waals surface area contributed by atoms with Gasteiger partial charge in [-0.1, -0.05) is 120 Å². The fourth-order valence-electron chi connectivity index (χ4n) is 6.02. The van der Waals surface area contributed by atoms with E-state index in [9.17, 15) is 10.1 Å². The molecule has 0 bridgehead atoms. The molecular weight excluding hydrogens is 476 g/mol. The smallest absolute Gasteiger partial charge is 0.224 e. The Morgan fingerprint density at radius 3 is 1.51 bits per heavy atom. The minimum atomic E-state index is -0.630. The molecule has 39 heavy (non-hydrogen) atoms. The molecule has 0 radical (unpaired) electrons. The van der Waals surface area contributed by atoms with Crippen molar-refractivity contribution >= 4 is 5.91 Å². The second kappa shape index (κ2) is 10.9. The summed E-state index contributed by atoms with van der Waals surface area (Å²) in [5.41, 5.74) is 6.79. The summed E-state index contributed by atoms with van der Waals surface area (Å²) in [6.45, 7) is 7.43. The minimum absolute atomic E-state index is 0.122. The van der Waals surface area contributed by atoms with Gasteiger partial charge in [0.1, 0.15) is 0 Å². The molecule has 5 rings (SSSR count). The molecule has 0 saturated carbocycles. The molecule has 0 N–H and O–H groups in total. The topological polar surface area (TPSA) is 44.1 Å². The highest BCUT2D eigenvalue weighted by atomic mass is 16.2. The number of nitrogens with zero attached hydrogens (tertiary/aromatic N) is 2. The standard InChI is InChI=1S/C36H36N2O/c1-27-9-15-31(16-10-27)36(32-17-11-28(2)12-18-32,33-19-13-29(3)14-20-33)25-34(39)38-23-21-35(26-37,22-24-38)30-7-5-4-6-8-30/h4-20H,21-25H2,1-3H3. The van der Waals surface area contributed by atoms with Crippen molar-refractivity contribution in [3.8, 4) is 6.07 Å². The van der Waals surface area contributed by atoms with Crippen molar-refractivity contribution in [3.05, 3.63) is 142 Å². The number of benzene rings is 4. The van der Waals surface area contributed by atoms with E-state index >= 15 is 0 Å². The zero-order chi connectivity index (χ0) is 27.5. The summed E-state index contributed by atoms with van der Waals surface area (Å²) in [7, 11) is 0. The second-order valence-electron chi connectivity index (χ2n) is 11.1. The molecule has 1 amide bonds. The van der Waals surface area contributed by atoms with E-state index in [1.54, 1.807) is 0 Å². The Morgan fingerprint density at radius 2 is 1.13 bits per heavy atom. The molecule has 196 valence electrons. The maximum absolute atomic E-state index is 14.2. The van der Waals surface area contributed by atoms with Crippen molar-refractivity contribution in [1.82, 2.24) is 4.90 Å². The summed E-state index contributed by atoms with van der Waals surface area (Å²) in [5, 5.41) is 10.2. The highest BCUT2D eigenvalue weighted by molar-refractivity contribution is 5.80. The Kier molecular flexibility index (Phi) is 7.40. The van der Waals surface area contributed by atoms with Gasteiger partial charge < -0.3 is 4.90 Å². The van der Waals surface area contributed by atoms with Gasteiger partial charge in [0.25, 0.3) is 0 Å². The molecule has 0 spiro atoms. The van der Waals surface area contributed by atoms with Crippen LogP contribution in [-0.4, -0.2) is 23.9 Å². The Hall–Kier alpha value is -4.16. The van der Waals surface area contributed by atoms with Crippen LogP contribution in [0.15, 0.2) is 103 Å². The summed E-state index contributed by atoms with van der Waals surface area (Å²) in [6.07, 6.45) is 1.62. The van der Waals surface area contributed by atoms with E-state index in [0.29, 0.717) is 32.4 Å². The predicted molar refractivity (Wildman–Crippen MR) is 158 cm³/mol. The van der Waals surface area contributed by atoms with Crippen molar-refractivity contribution in [2.24, 2.45) is 0 Å². The number of aryl methyl sites for hydroxylation is 3. The third-order valence-corrected chi connectivity index (χ3v) is 8.56. The second-order valence-corrected chi connectivity index (χ2v) is 11.1. The van der Waals surface area contributed by atoms with Crippen LogP contribution >= 0.6 is 0 Å². The highest BCUT2D eigenvalue weighted by Gasteiger charge is 2.42. The van der Waals surface area contributed by atoms with Gasteiger partial charge in [0, 0.05) is 19.5 Å². The number of hydrogen-bond donors (Lipinski definition) is 0. The third-order valence-electron chi connectivity index (χ3n) is 8.56. The lowest BCUT2D eigenvalue weighted by molar-refractivity contribution is -0.133. The van der Waals surface area contributed by atoms with E-state index in [1.807, 2.05) is 35.2 Å². The molecule has 1 aliphatic heterocycles. The van der Waals surface area contributed by atoms with Crippen LogP contribution < -0.4 is 0 Å². The summed E-state index contributed by atoms with van der Waals surface area (Å²) in [6, 6.07) is 38.5. The van der Waals surface area contributed by atoms with Gasteiger partial charge in [-0.25, -0.2) is 0 Å². The predicted octanol–water partition coefficient (Wildman–Crippen LogP) is 7.42. The van der Waals surface area contributed by atoms with Crippen LogP contribution in [0.4, 0.5) is 0 Å². The molecule has 0 aromatic heterocycles.